The Morgan fingerprint density at radius 3 is 2.74 bits per heavy atom. The molecule has 0 unspecified atom stereocenters. The second kappa shape index (κ2) is 5.18. The predicted molar refractivity (Wildman–Crippen MR) is 64.8 cm³/mol. The summed E-state index contributed by atoms with van der Waals surface area (Å²) in [5.74, 6) is -0.583. The van der Waals surface area contributed by atoms with Crippen LogP contribution in [0.5, 0.6) is 0 Å². The van der Waals surface area contributed by atoms with Crippen molar-refractivity contribution in [2.24, 2.45) is 0 Å². The first-order valence-corrected chi connectivity index (χ1v) is 5.30. The highest BCUT2D eigenvalue weighted by molar-refractivity contribution is 5.83. The number of carbonyl (C=O) groups is 1. The predicted octanol–water partition coefficient (Wildman–Crippen LogP) is 1.62. The van der Waals surface area contributed by atoms with E-state index < -0.39 is 10.9 Å². The zero-order valence-corrected chi connectivity index (χ0v) is 9.61. The number of rotatable bonds is 4. The Balaban J connectivity index is 2.30. The second-order valence-electron chi connectivity index (χ2n) is 3.66. The molecule has 1 heterocycles. The quantitative estimate of drug-likeness (QED) is 0.471. The smallest absolute Gasteiger partial charge is 0.270 e. The summed E-state index contributed by atoms with van der Waals surface area (Å²) in [4.78, 5) is 20.4. The first kappa shape index (κ1) is 12.6. The normalized spacial score (nSPS) is 10.7. The molecule has 0 radical (unpaired) electrons. The van der Waals surface area contributed by atoms with Gasteiger partial charge in [-0.2, -0.15) is 0 Å². The van der Waals surface area contributed by atoms with Crippen molar-refractivity contribution in [3.05, 3.63) is 58.3 Å². The average Bonchev–Trinajstić information content (AvgIpc) is 2.85. The lowest BCUT2D eigenvalue weighted by Gasteiger charge is -1.97. The lowest BCUT2D eigenvalue weighted by Crippen LogP contribution is -2.18. The SMILES string of the molecule is O=C([O-])C=Cc1ccc(-c2cccc([N+](=O)[O-])c2)o1. The fourth-order valence-electron chi connectivity index (χ4n) is 1.52. The molecule has 2 rings (SSSR count). The first-order chi connectivity index (χ1) is 9.06. The second-order valence-corrected chi connectivity index (χ2v) is 3.66. The molecule has 0 aliphatic rings. The number of nitrogens with zero attached hydrogens (tertiary/aromatic N) is 1. The maximum Gasteiger partial charge on any atom is 0.270 e. The number of carbonyl (C=O) groups excluding carboxylic acids is 1. The van der Waals surface area contributed by atoms with Gasteiger partial charge in [-0.3, -0.25) is 10.1 Å². The van der Waals surface area contributed by atoms with Crippen molar-refractivity contribution < 1.29 is 19.2 Å². The van der Waals surface area contributed by atoms with Gasteiger partial charge in [-0.05, 0) is 24.3 Å². The van der Waals surface area contributed by atoms with E-state index in [1.54, 1.807) is 24.3 Å². The molecule has 6 heteroatoms. The number of hydrogen-bond donors (Lipinski definition) is 0. The molecular formula is C13H8NO5-. The summed E-state index contributed by atoms with van der Waals surface area (Å²) in [6.07, 6.45) is 2.09. The van der Waals surface area contributed by atoms with Crippen LogP contribution in [0.4, 0.5) is 5.69 Å². The molecule has 0 N–H and O–H groups in total. The topological polar surface area (TPSA) is 96.4 Å². The molecule has 0 atom stereocenters. The summed E-state index contributed by atoms with van der Waals surface area (Å²) in [6.45, 7) is 0. The number of non-ortho nitro benzene ring substituents is 1. The van der Waals surface area contributed by atoms with E-state index in [-0.39, 0.29) is 5.69 Å². The van der Waals surface area contributed by atoms with E-state index in [1.807, 2.05) is 0 Å². The monoisotopic (exact) mass is 258 g/mol. The van der Waals surface area contributed by atoms with Gasteiger partial charge in [0.1, 0.15) is 11.5 Å². The third-order valence-corrected chi connectivity index (χ3v) is 2.35. The molecule has 0 bridgehead atoms. The molecule has 0 fully saturated rings. The number of aliphatic carboxylic acids is 1. The number of hydrogen-bond acceptors (Lipinski definition) is 5. The van der Waals surface area contributed by atoms with Gasteiger partial charge in [0.2, 0.25) is 0 Å². The van der Waals surface area contributed by atoms with Crippen LogP contribution in [0.1, 0.15) is 5.76 Å². The van der Waals surface area contributed by atoms with E-state index in [1.165, 1.54) is 18.2 Å². The fourth-order valence-corrected chi connectivity index (χ4v) is 1.52. The summed E-state index contributed by atoms with van der Waals surface area (Å²) in [7, 11) is 0. The molecule has 2 aromatic rings. The maximum absolute atomic E-state index is 10.7. The molecule has 96 valence electrons. The minimum Gasteiger partial charge on any atom is -0.545 e. The Kier molecular flexibility index (Phi) is 3.42. The van der Waals surface area contributed by atoms with Crippen LogP contribution in [-0.4, -0.2) is 10.9 Å². The summed E-state index contributed by atoms with van der Waals surface area (Å²) in [5, 5.41) is 20.9. The van der Waals surface area contributed by atoms with E-state index in [4.69, 9.17) is 4.42 Å². The summed E-state index contributed by atoms with van der Waals surface area (Å²) < 4.78 is 5.35. The van der Waals surface area contributed by atoms with Gasteiger partial charge in [-0.1, -0.05) is 12.1 Å². The van der Waals surface area contributed by atoms with Crippen molar-refractivity contribution in [3.8, 4) is 11.3 Å². The lowest BCUT2D eigenvalue weighted by molar-refractivity contribution is -0.384. The van der Waals surface area contributed by atoms with Crippen LogP contribution in [0.15, 0.2) is 46.9 Å². The zero-order chi connectivity index (χ0) is 13.8. The van der Waals surface area contributed by atoms with Crippen molar-refractivity contribution in [2.45, 2.75) is 0 Å². The lowest BCUT2D eigenvalue weighted by atomic mass is 10.1. The molecular weight excluding hydrogens is 250 g/mol. The van der Waals surface area contributed by atoms with Gasteiger partial charge in [-0.15, -0.1) is 0 Å². The molecule has 0 amide bonds. The van der Waals surface area contributed by atoms with Gasteiger partial charge in [0.15, 0.2) is 0 Å². The molecule has 0 saturated carbocycles. The first-order valence-electron chi connectivity index (χ1n) is 5.30. The van der Waals surface area contributed by atoms with Crippen LogP contribution < -0.4 is 5.11 Å². The highest BCUT2D eigenvalue weighted by Crippen LogP contribution is 2.26. The standard InChI is InChI=1S/C13H9NO5/c15-13(16)7-5-11-4-6-12(19-11)9-2-1-3-10(8-9)14(17)18/h1-8H,(H,15,16)/p-1. The van der Waals surface area contributed by atoms with Crippen molar-refractivity contribution in [1.82, 2.24) is 0 Å². The minimum atomic E-state index is -1.33. The van der Waals surface area contributed by atoms with Gasteiger partial charge in [0.05, 0.1) is 10.9 Å². The van der Waals surface area contributed by atoms with Crippen molar-refractivity contribution >= 4 is 17.7 Å². The molecule has 0 saturated heterocycles. The van der Waals surface area contributed by atoms with Crippen LogP contribution >= 0.6 is 0 Å². The molecule has 6 nitrogen and oxygen atoms in total. The Labute approximate surface area is 107 Å². The maximum atomic E-state index is 10.7. The summed E-state index contributed by atoms with van der Waals surface area (Å²) >= 11 is 0. The number of benzene rings is 1. The number of furan rings is 1. The Morgan fingerprint density at radius 1 is 1.26 bits per heavy atom. The highest BCUT2D eigenvalue weighted by atomic mass is 16.6. The van der Waals surface area contributed by atoms with E-state index in [0.717, 1.165) is 6.08 Å². The summed E-state index contributed by atoms with van der Waals surface area (Å²) in [6, 6.07) is 9.14. The molecule has 0 aliphatic carbocycles. The van der Waals surface area contributed by atoms with Crippen LogP contribution in [0, 0.1) is 10.1 Å². The van der Waals surface area contributed by atoms with Crippen LogP contribution in [0.2, 0.25) is 0 Å². The summed E-state index contributed by atoms with van der Waals surface area (Å²) in [5.41, 5.74) is 0.503. The van der Waals surface area contributed by atoms with Gasteiger partial charge in [0, 0.05) is 17.7 Å². The molecule has 0 spiro atoms. The van der Waals surface area contributed by atoms with Crippen molar-refractivity contribution in [1.29, 1.82) is 0 Å². The molecule has 0 aliphatic heterocycles. The minimum absolute atomic E-state index is 0.0410. The van der Waals surface area contributed by atoms with Gasteiger partial charge in [-0.25, -0.2) is 0 Å². The zero-order valence-electron chi connectivity index (χ0n) is 9.61. The van der Waals surface area contributed by atoms with Crippen LogP contribution in [0.25, 0.3) is 17.4 Å². The Morgan fingerprint density at radius 2 is 2.05 bits per heavy atom. The van der Waals surface area contributed by atoms with E-state index in [2.05, 4.69) is 0 Å². The Bertz CT molecular complexity index is 657. The average molecular weight is 258 g/mol. The Hall–Kier alpha value is -2.89. The third kappa shape index (κ3) is 3.06. The number of nitro benzene ring substituents is 1. The van der Waals surface area contributed by atoms with Crippen LogP contribution in [-0.2, 0) is 4.79 Å². The van der Waals surface area contributed by atoms with E-state index in [9.17, 15) is 20.0 Å². The number of carboxylic acids is 1. The van der Waals surface area contributed by atoms with E-state index in [0.29, 0.717) is 17.1 Å². The van der Waals surface area contributed by atoms with Crippen molar-refractivity contribution in [2.75, 3.05) is 0 Å². The molecule has 19 heavy (non-hydrogen) atoms. The fraction of sp³-hybridized carbons (Fsp3) is 0. The third-order valence-electron chi connectivity index (χ3n) is 2.35. The highest BCUT2D eigenvalue weighted by Gasteiger charge is 2.09. The number of carboxylic acid groups (broad SMARTS) is 1. The number of nitro groups is 1. The largest absolute Gasteiger partial charge is 0.545 e. The van der Waals surface area contributed by atoms with E-state index >= 15 is 0 Å². The molecule has 1 aromatic carbocycles. The van der Waals surface area contributed by atoms with Gasteiger partial charge < -0.3 is 14.3 Å². The van der Waals surface area contributed by atoms with Gasteiger partial charge in [0.25, 0.3) is 5.69 Å². The van der Waals surface area contributed by atoms with Crippen molar-refractivity contribution in [3.63, 3.8) is 0 Å². The van der Waals surface area contributed by atoms with Gasteiger partial charge >= 0.3 is 0 Å². The molecule has 1 aromatic heterocycles. The van der Waals surface area contributed by atoms with Crippen LogP contribution in [0.3, 0.4) is 0 Å².